The summed E-state index contributed by atoms with van der Waals surface area (Å²) < 4.78 is 1.77. The second kappa shape index (κ2) is 5.74. The summed E-state index contributed by atoms with van der Waals surface area (Å²) in [6, 6.07) is 4.17. The molecule has 0 unspecified atom stereocenters. The van der Waals surface area contributed by atoms with Crippen molar-refractivity contribution in [2.75, 3.05) is 6.54 Å². The van der Waals surface area contributed by atoms with Crippen LogP contribution in [0.1, 0.15) is 10.6 Å². The van der Waals surface area contributed by atoms with Gasteiger partial charge in [0, 0.05) is 30.7 Å². The Kier molecular flexibility index (Phi) is 4.03. The van der Waals surface area contributed by atoms with E-state index in [9.17, 15) is 0 Å². The molecule has 6 heteroatoms. The number of aromatic nitrogens is 3. The molecule has 0 saturated heterocycles. The molecular formula is C10H15N5S. The summed E-state index contributed by atoms with van der Waals surface area (Å²) in [6.07, 6.45) is 1.92. The molecule has 86 valence electrons. The second-order valence-corrected chi connectivity index (χ2v) is 4.48. The summed E-state index contributed by atoms with van der Waals surface area (Å²) in [7, 11) is 0. The first kappa shape index (κ1) is 11.3. The lowest BCUT2D eigenvalue weighted by Gasteiger charge is -1.98. The molecule has 0 aliphatic heterocycles. The molecule has 0 amide bonds. The summed E-state index contributed by atoms with van der Waals surface area (Å²) in [6.45, 7) is 2.92. The predicted octanol–water partition coefficient (Wildman–Crippen LogP) is 0.588. The molecule has 0 atom stereocenters. The molecule has 2 aromatic rings. The largest absolute Gasteiger partial charge is 0.329 e. The van der Waals surface area contributed by atoms with E-state index in [1.807, 2.05) is 6.20 Å². The number of nitrogens with one attached hydrogen (secondary N) is 1. The smallest absolute Gasteiger partial charge is 0.0964 e. The van der Waals surface area contributed by atoms with Gasteiger partial charge in [0.25, 0.3) is 0 Å². The van der Waals surface area contributed by atoms with E-state index in [1.54, 1.807) is 16.0 Å². The van der Waals surface area contributed by atoms with Crippen LogP contribution in [-0.2, 0) is 19.6 Å². The maximum absolute atomic E-state index is 5.43. The van der Waals surface area contributed by atoms with E-state index in [0.717, 1.165) is 25.3 Å². The van der Waals surface area contributed by atoms with Gasteiger partial charge in [-0.2, -0.15) is 0 Å². The number of rotatable bonds is 6. The van der Waals surface area contributed by atoms with Gasteiger partial charge in [-0.25, -0.2) is 0 Å². The van der Waals surface area contributed by atoms with Gasteiger partial charge in [-0.1, -0.05) is 11.3 Å². The molecule has 0 radical (unpaired) electrons. The Labute approximate surface area is 98.3 Å². The van der Waals surface area contributed by atoms with E-state index < -0.39 is 0 Å². The summed E-state index contributed by atoms with van der Waals surface area (Å²) >= 11 is 1.75. The quantitative estimate of drug-likeness (QED) is 0.771. The van der Waals surface area contributed by atoms with Gasteiger partial charge in [0.15, 0.2) is 0 Å². The highest BCUT2D eigenvalue weighted by Gasteiger charge is 2.00. The summed E-state index contributed by atoms with van der Waals surface area (Å²) in [4.78, 5) is 1.33. The van der Waals surface area contributed by atoms with Gasteiger partial charge < -0.3 is 11.1 Å². The SMILES string of the molecule is NCCn1cc(CNCc2cccs2)nn1. The third kappa shape index (κ3) is 3.13. The lowest BCUT2D eigenvalue weighted by atomic mass is 10.4. The molecule has 0 aromatic carbocycles. The monoisotopic (exact) mass is 237 g/mol. The molecule has 2 heterocycles. The first-order chi connectivity index (χ1) is 7.88. The molecule has 0 spiro atoms. The third-order valence-corrected chi connectivity index (χ3v) is 3.01. The molecular weight excluding hydrogens is 222 g/mol. The summed E-state index contributed by atoms with van der Waals surface area (Å²) in [5.41, 5.74) is 6.38. The molecule has 3 N–H and O–H groups in total. The normalized spacial score (nSPS) is 10.8. The Hall–Kier alpha value is -1.24. The molecule has 2 rings (SSSR count). The van der Waals surface area contributed by atoms with E-state index in [0.29, 0.717) is 6.54 Å². The average molecular weight is 237 g/mol. The Morgan fingerprint density at radius 3 is 3.12 bits per heavy atom. The molecule has 16 heavy (non-hydrogen) atoms. The first-order valence-corrected chi connectivity index (χ1v) is 6.08. The van der Waals surface area contributed by atoms with Crippen molar-refractivity contribution < 1.29 is 0 Å². The van der Waals surface area contributed by atoms with Gasteiger partial charge in [0.1, 0.15) is 0 Å². The molecule has 5 nitrogen and oxygen atoms in total. The minimum absolute atomic E-state index is 0.589. The van der Waals surface area contributed by atoms with Gasteiger partial charge >= 0.3 is 0 Å². The summed E-state index contributed by atoms with van der Waals surface area (Å²) in [5, 5.41) is 13.4. The third-order valence-electron chi connectivity index (χ3n) is 2.13. The van der Waals surface area contributed by atoms with Crippen LogP contribution in [0.3, 0.4) is 0 Å². The molecule has 0 saturated carbocycles. The number of thiophene rings is 1. The number of nitrogens with two attached hydrogens (primary N) is 1. The van der Waals surface area contributed by atoms with Crippen LogP contribution >= 0.6 is 11.3 Å². The fraction of sp³-hybridized carbons (Fsp3) is 0.400. The minimum Gasteiger partial charge on any atom is -0.329 e. The van der Waals surface area contributed by atoms with Crippen molar-refractivity contribution in [3.63, 3.8) is 0 Å². The number of hydrogen-bond donors (Lipinski definition) is 2. The molecule has 0 aliphatic rings. The van der Waals surface area contributed by atoms with Crippen LogP contribution in [0.15, 0.2) is 23.7 Å². The van der Waals surface area contributed by atoms with Crippen LogP contribution in [0.25, 0.3) is 0 Å². The Bertz CT molecular complexity index is 409. The topological polar surface area (TPSA) is 68.8 Å². The van der Waals surface area contributed by atoms with Crippen molar-refractivity contribution in [1.29, 1.82) is 0 Å². The van der Waals surface area contributed by atoms with Crippen LogP contribution in [0.5, 0.6) is 0 Å². The maximum atomic E-state index is 5.43. The standard InChI is InChI=1S/C10H15N5S/c11-3-4-15-8-9(13-14-15)6-12-7-10-2-1-5-16-10/h1-2,5,8,12H,3-4,6-7,11H2. The van der Waals surface area contributed by atoms with E-state index in [4.69, 9.17) is 5.73 Å². The van der Waals surface area contributed by atoms with Gasteiger partial charge in [-0.3, -0.25) is 4.68 Å². The van der Waals surface area contributed by atoms with E-state index in [-0.39, 0.29) is 0 Å². The fourth-order valence-electron chi connectivity index (χ4n) is 1.39. The minimum atomic E-state index is 0.589. The van der Waals surface area contributed by atoms with Gasteiger partial charge in [0.05, 0.1) is 12.2 Å². The molecule has 0 bridgehead atoms. The summed E-state index contributed by atoms with van der Waals surface area (Å²) in [5.74, 6) is 0. The zero-order valence-corrected chi connectivity index (χ0v) is 9.78. The number of nitrogens with zero attached hydrogens (tertiary/aromatic N) is 3. The van der Waals surface area contributed by atoms with Gasteiger partial charge in [-0.05, 0) is 11.4 Å². The predicted molar refractivity (Wildman–Crippen MR) is 63.9 cm³/mol. The maximum Gasteiger partial charge on any atom is 0.0964 e. The van der Waals surface area contributed by atoms with Crippen LogP contribution in [0.4, 0.5) is 0 Å². The van der Waals surface area contributed by atoms with Crippen LogP contribution < -0.4 is 11.1 Å². The van der Waals surface area contributed by atoms with Crippen molar-refractivity contribution in [3.8, 4) is 0 Å². The Morgan fingerprint density at radius 2 is 2.38 bits per heavy atom. The van der Waals surface area contributed by atoms with Gasteiger partial charge in [-0.15, -0.1) is 16.4 Å². The first-order valence-electron chi connectivity index (χ1n) is 5.20. The van der Waals surface area contributed by atoms with E-state index >= 15 is 0 Å². The van der Waals surface area contributed by atoms with Crippen LogP contribution in [0.2, 0.25) is 0 Å². The highest BCUT2D eigenvalue weighted by Crippen LogP contribution is 2.07. The molecule has 0 fully saturated rings. The highest BCUT2D eigenvalue weighted by molar-refractivity contribution is 7.09. The zero-order valence-electron chi connectivity index (χ0n) is 8.97. The zero-order chi connectivity index (χ0) is 11.2. The lowest BCUT2D eigenvalue weighted by molar-refractivity contribution is 0.598. The Balaban J connectivity index is 1.76. The van der Waals surface area contributed by atoms with Crippen LogP contribution in [-0.4, -0.2) is 21.5 Å². The number of hydrogen-bond acceptors (Lipinski definition) is 5. The van der Waals surface area contributed by atoms with Crippen molar-refractivity contribution in [2.45, 2.75) is 19.6 Å². The fourth-order valence-corrected chi connectivity index (χ4v) is 2.06. The van der Waals surface area contributed by atoms with Crippen molar-refractivity contribution in [2.24, 2.45) is 5.73 Å². The second-order valence-electron chi connectivity index (χ2n) is 3.44. The van der Waals surface area contributed by atoms with Crippen LogP contribution in [0, 0.1) is 0 Å². The van der Waals surface area contributed by atoms with Crippen molar-refractivity contribution >= 4 is 11.3 Å². The lowest BCUT2D eigenvalue weighted by Crippen LogP contribution is -2.12. The van der Waals surface area contributed by atoms with Crippen molar-refractivity contribution in [1.82, 2.24) is 20.3 Å². The Morgan fingerprint density at radius 1 is 1.44 bits per heavy atom. The van der Waals surface area contributed by atoms with Crippen molar-refractivity contribution in [3.05, 3.63) is 34.3 Å². The van der Waals surface area contributed by atoms with E-state index in [1.165, 1.54) is 4.88 Å². The average Bonchev–Trinajstić information content (AvgIpc) is 2.90. The van der Waals surface area contributed by atoms with Gasteiger partial charge in [0.2, 0.25) is 0 Å². The molecule has 0 aliphatic carbocycles. The molecule has 2 aromatic heterocycles. The van der Waals surface area contributed by atoms with E-state index in [2.05, 4.69) is 33.1 Å². The highest BCUT2D eigenvalue weighted by atomic mass is 32.1.